The summed E-state index contributed by atoms with van der Waals surface area (Å²) in [5, 5.41) is 10.8. The minimum absolute atomic E-state index is 0.106. The summed E-state index contributed by atoms with van der Waals surface area (Å²) in [6.07, 6.45) is 1.56. The summed E-state index contributed by atoms with van der Waals surface area (Å²) in [6.45, 7) is 7.72. The normalized spacial score (nSPS) is 11.0. The summed E-state index contributed by atoms with van der Waals surface area (Å²) in [5.41, 5.74) is 3.13. The fourth-order valence-corrected chi connectivity index (χ4v) is 2.66. The number of anilines is 1. The summed E-state index contributed by atoms with van der Waals surface area (Å²) in [6, 6.07) is 8.77. The molecule has 0 aliphatic heterocycles. The van der Waals surface area contributed by atoms with Gasteiger partial charge in [0, 0.05) is 23.9 Å². The second-order valence-corrected chi connectivity index (χ2v) is 6.85. The van der Waals surface area contributed by atoms with Crippen LogP contribution in [0.1, 0.15) is 36.8 Å². The van der Waals surface area contributed by atoms with Gasteiger partial charge in [0.2, 0.25) is 17.7 Å². The lowest BCUT2D eigenvalue weighted by atomic mass is 10.1. The van der Waals surface area contributed by atoms with E-state index in [-0.39, 0.29) is 23.9 Å². The third kappa shape index (κ3) is 4.31. The van der Waals surface area contributed by atoms with Crippen LogP contribution in [0, 0.1) is 13.8 Å². The molecule has 2 aromatic heterocycles. The van der Waals surface area contributed by atoms with Gasteiger partial charge in [0.15, 0.2) is 0 Å². The standard InChI is InChI=1S/C20H22N4O3/c1-12(2)19-22-23-20(27-19)15-6-8-18(26)24(10-15)11-17(25)21-16-7-5-13(3)9-14(16)4/h5-10,12H,11H2,1-4H3,(H,21,25). The number of benzene rings is 1. The number of hydrogen-bond acceptors (Lipinski definition) is 5. The van der Waals surface area contributed by atoms with E-state index in [0.717, 1.165) is 16.8 Å². The van der Waals surface area contributed by atoms with E-state index in [4.69, 9.17) is 4.42 Å². The highest BCUT2D eigenvalue weighted by atomic mass is 16.4. The zero-order chi connectivity index (χ0) is 19.6. The molecule has 0 atom stereocenters. The van der Waals surface area contributed by atoms with Crippen molar-refractivity contribution in [3.8, 4) is 11.5 Å². The Morgan fingerprint density at radius 1 is 1.19 bits per heavy atom. The van der Waals surface area contributed by atoms with E-state index in [9.17, 15) is 9.59 Å². The average molecular weight is 366 g/mol. The highest BCUT2D eigenvalue weighted by Crippen LogP contribution is 2.20. The van der Waals surface area contributed by atoms with E-state index in [1.165, 1.54) is 10.6 Å². The number of nitrogens with one attached hydrogen (secondary N) is 1. The molecule has 0 radical (unpaired) electrons. The summed E-state index contributed by atoms with van der Waals surface area (Å²) in [5.74, 6) is 0.674. The van der Waals surface area contributed by atoms with Gasteiger partial charge >= 0.3 is 0 Å². The maximum Gasteiger partial charge on any atom is 0.251 e. The van der Waals surface area contributed by atoms with E-state index in [1.807, 2.05) is 45.9 Å². The van der Waals surface area contributed by atoms with Crippen molar-refractivity contribution in [1.29, 1.82) is 0 Å². The Morgan fingerprint density at radius 3 is 2.63 bits per heavy atom. The Bertz CT molecular complexity index is 1030. The van der Waals surface area contributed by atoms with Crippen LogP contribution < -0.4 is 10.9 Å². The van der Waals surface area contributed by atoms with Crippen molar-refractivity contribution in [2.45, 2.75) is 40.2 Å². The third-order valence-electron chi connectivity index (χ3n) is 4.13. The van der Waals surface area contributed by atoms with Crippen molar-refractivity contribution in [1.82, 2.24) is 14.8 Å². The highest BCUT2D eigenvalue weighted by molar-refractivity contribution is 5.91. The van der Waals surface area contributed by atoms with Gasteiger partial charge in [0.1, 0.15) is 6.54 Å². The first-order chi connectivity index (χ1) is 12.8. The molecule has 0 unspecified atom stereocenters. The van der Waals surface area contributed by atoms with Gasteiger partial charge in [-0.3, -0.25) is 9.59 Å². The zero-order valence-corrected chi connectivity index (χ0v) is 15.8. The Morgan fingerprint density at radius 2 is 1.96 bits per heavy atom. The van der Waals surface area contributed by atoms with Crippen LogP contribution in [-0.4, -0.2) is 20.7 Å². The topological polar surface area (TPSA) is 90.0 Å². The van der Waals surface area contributed by atoms with E-state index in [0.29, 0.717) is 17.3 Å². The van der Waals surface area contributed by atoms with Crippen molar-refractivity contribution >= 4 is 11.6 Å². The van der Waals surface area contributed by atoms with Crippen LogP contribution >= 0.6 is 0 Å². The second kappa shape index (κ2) is 7.57. The molecule has 3 aromatic rings. The number of carbonyl (C=O) groups is 1. The molecule has 0 aliphatic carbocycles. The quantitative estimate of drug-likeness (QED) is 0.748. The lowest BCUT2D eigenvalue weighted by Gasteiger charge is -2.10. The zero-order valence-electron chi connectivity index (χ0n) is 15.8. The van der Waals surface area contributed by atoms with Gasteiger partial charge in [-0.2, -0.15) is 0 Å². The lowest BCUT2D eigenvalue weighted by Crippen LogP contribution is -2.27. The summed E-state index contributed by atoms with van der Waals surface area (Å²) in [4.78, 5) is 24.5. The van der Waals surface area contributed by atoms with Crippen LogP contribution in [0.5, 0.6) is 0 Å². The Hall–Kier alpha value is -3.22. The molecule has 0 bridgehead atoms. The molecule has 2 heterocycles. The van der Waals surface area contributed by atoms with Crippen molar-refractivity contribution < 1.29 is 9.21 Å². The number of amides is 1. The van der Waals surface area contributed by atoms with Crippen LogP contribution in [0.4, 0.5) is 5.69 Å². The Kier molecular flexibility index (Phi) is 5.21. The predicted molar refractivity (Wildman–Crippen MR) is 103 cm³/mol. The molecule has 27 heavy (non-hydrogen) atoms. The first-order valence-corrected chi connectivity index (χ1v) is 8.75. The molecule has 0 aliphatic rings. The molecule has 3 rings (SSSR count). The number of aromatic nitrogens is 3. The van der Waals surface area contributed by atoms with Crippen LogP contribution in [-0.2, 0) is 11.3 Å². The second-order valence-electron chi connectivity index (χ2n) is 6.85. The van der Waals surface area contributed by atoms with Crippen LogP contribution in [0.2, 0.25) is 0 Å². The summed E-state index contributed by atoms with van der Waals surface area (Å²) >= 11 is 0. The van der Waals surface area contributed by atoms with Gasteiger partial charge in [-0.25, -0.2) is 0 Å². The van der Waals surface area contributed by atoms with Gasteiger partial charge in [-0.05, 0) is 31.5 Å². The fourth-order valence-electron chi connectivity index (χ4n) is 2.66. The molecule has 0 saturated carbocycles. The van der Waals surface area contributed by atoms with Gasteiger partial charge in [0.05, 0.1) is 5.56 Å². The molecule has 1 amide bonds. The first kappa shape index (κ1) is 18.6. The minimum Gasteiger partial charge on any atom is -0.420 e. The van der Waals surface area contributed by atoms with Crippen LogP contribution in [0.25, 0.3) is 11.5 Å². The van der Waals surface area contributed by atoms with Crippen molar-refractivity contribution in [3.63, 3.8) is 0 Å². The van der Waals surface area contributed by atoms with Gasteiger partial charge in [-0.15, -0.1) is 10.2 Å². The van der Waals surface area contributed by atoms with Crippen LogP contribution in [0.3, 0.4) is 0 Å². The fraction of sp³-hybridized carbons (Fsp3) is 0.300. The predicted octanol–water partition coefficient (Wildman–Crippen LogP) is 3.28. The molecule has 1 N–H and O–H groups in total. The summed E-state index contributed by atoms with van der Waals surface area (Å²) < 4.78 is 6.94. The van der Waals surface area contributed by atoms with Crippen molar-refractivity contribution in [2.24, 2.45) is 0 Å². The molecular weight excluding hydrogens is 344 g/mol. The molecule has 140 valence electrons. The minimum atomic E-state index is -0.283. The van der Waals surface area contributed by atoms with E-state index in [1.54, 1.807) is 12.3 Å². The maximum atomic E-state index is 12.4. The Balaban J connectivity index is 1.79. The number of aryl methyl sites for hydroxylation is 2. The van der Waals surface area contributed by atoms with Gasteiger partial charge in [-0.1, -0.05) is 31.5 Å². The molecule has 1 aromatic carbocycles. The SMILES string of the molecule is Cc1ccc(NC(=O)Cn2cc(-c3nnc(C(C)C)o3)ccc2=O)c(C)c1. The van der Waals surface area contributed by atoms with Crippen molar-refractivity contribution in [2.75, 3.05) is 5.32 Å². The van der Waals surface area contributed by atoms with Crippen molar-refractivity contribution in [3.05, 3.63) is 63.9 Å². The average Bonchev–Trinajstić information content (AvgIpc) is 3.10. The monoisotopic (exact) mass is 366 g/mol. The molecule has 0 spiro atoms. The Labute approximate surface area is 157 Å². The number of carbonyl (C=O) groups excluding carboxylic acids is 1. The van der Waals surface area contributed by atoms with Crippen LogP contribution in [0.15, 0.2) is 45.7 Å². The van der Waals surface area contributed by atoms with E-state index in [2.05, 4.69) is 15.5 Å². The van der Waals surface area contributed by atoms with E-state index >= 15 is 0 Å². The molecule has 7 nitrogen and oxygen atoms in total. The number of hydrogen-bond donors (Lipinski definition) is 1. The molecule has 7 heteroatoms. The molecule has 0 fully saturated rings. The molecular formula is C20H22N4O3. The number of nitrogens with zero attached hydrogens (tertiary/aromatic N) is 3. The van der Waals surface area contributed by atoms with E-state index < -0.39 is 0 Å². The largest absolute Gasteiger partial charge is 0.420 e. The summed E-state index contributed by atoms with van der Waals surface area (Å²) in [7, 11) is 0. The first-order valence-electron chi connectivity index (χ1n) is 8.75. The van der Waals surface area contributed by atoms with Gasteiger partial charge in [0.25, 0.3) is 5.56 Å². The number of rotatable bonds is 5. The smallest absolute Gasteiger partial charge is 0.251 e. The highest BCUT2D eigenvalue weighted by Gasteiger charge is 2.13. The van der Waals surface area contributed by atoms with Gasteiger partial charge < -0.3 is 14.3 Å². The number of pyridine rings is 1. The lowest BCUT2D eigenvalue weighted by molar-refractivity contribution is -0.116. The maximum absolute atomic E-state index is 12.4. The molecule has 0 saturated heterocycles. The third-order valence-corrected chi connectivity index (χ3v) is 4.13.